The van der Waals surface area contributed by atoms with E-state index in [0.29, 0.717) is 16.8 Å². The van der Waals surface area contributed by atoms with E-state index in [-0.39, 0.29) is 36.2 Å². The summed E-state index contributed by atoms with van der Waals surface area (Å²) in [5.41, 5.74) is 1.41. The van der Waals surface area contributed by atoms with Crippen molar-refractivity contribution in [1.82, 2.24) is 14.2 Å². The summed E-state index contributed by atoms with van der Waals surface area (Å²) in [7, 11) is -3.91. The number of amides is 1. The Balaban J connectivity index is 1.69. The molecule has 4 rings (SSSR count). The van der Waals surface area contributed by atoms with E-state index < -0.39 is 22.2 Å². The lowest BCUT2D eigenvalue weighted by Crippen LogP contribution is -2.58. The van der Waals surface area contributed by atoms with Crippen molar-refractivity contribution in [3.8, 4) is 5.75 Å². The van der Waals surface area contributed by atoms with Crippen LogP contribution in [0.5, 0.6) is 5.75 Å². The van der Waals surface area contributed by atoms with Crippen LogP contribution in [-0.4, -0.2) is 54.8 Å². The number of piperazine rings is 1. The summed E-state index contributed by atoms with van der Waals surface area (Å²) in [6.45, 7) is 2.63. The third-order valence-electron chi connectivity index (χ3n) is 5.82. The first-order chi connectivity index (χ1) is 14.1. The minimum absolute atomic E-state index is 0.0247. The molecule has 0 bridgehead atoms. The number of benzene rings is 1. The van der Waals surface area contributed by atoms with Crippen LogP contribution in [0.1, 0.15) is 34.1 Å². The molecule has 1 aromatic carbocycles. The highest BCUT2D eigenvalue weighted by Gasteiger charge is 2.52. The van der Waals surface area contributed by atoms with Gasteiger partial charge in [-0.15, -0.1) is 0 Å². The van der Waals surface area contributed by atoms with Gasteiger partial charge in [0, 0.05) is 25.8 Å². The number of halogens is 2. The van der Waals surface area contributed by atoms with Crippen molar-refractivity contribution in [3.05, 3.63) is 52.8 Å². The van der Waals surface area contributed by atoms with Crippen LogP contribution in [0, 0.1) is 13.8 Å². The standard InChI is InChI=1S/C20H21F2N3O4S/c1-12-10-14(29-19(21)22)4-5-16(12)30(27,28)24-8-9-25-18(26)17-13(2)23-7-6-15(17)20(25,3)11-24/h4-7,10,19H,8-9,11H2,1-3H3. The van der Waals surface area contributed by atoms with Crippen LogP contribution < -0.4 is 4.74 Å². The van der Waals surface area contributed by atoms with Crippen LogP contribution in [0.4, 0.5) is 8.78 Å². The first-order valence-corrected chi connectivity index (χ1v) is 10.8. The minimum Gasteiger partial charge on any atom is -0.435 e. The van der Waals surface area contributed by atoms with Gasteiger partial charge in [-0.05, 0) is 56.2 Å². The van der Waals surface area contributed by atoms with Gasteiger partial charge in [-0.2, -0.15) is 13.1 Å². The summed E-state index contributed by atoms with van der Waals surface area (Å²) in [6, 6.07) is 5.53. The normalized spacial score (nSPS) is 21.7. The maximum Gasteiger partial charge on any atom is 0.387 e. The maximum atomic E-state index is 13.4. The molecular formula is C20H21F2N3O4S. The predicted molar refractivity (Wildman–Crippen MR) is 104 cm³/mol. The van der Waals surface area contributed by atoms with Gasteiger partial charge in [-0.25, -0.2) is 8.42 Å². The van der Waals surface area contributed by atoms with Crippen LogP contribution >= 0.6 is 0 Å². The quantitative estimate of drug-likeness (QED) is 0.735. The Kier molecular flexibility index (Phi) is 4.81. The van der Waals surface area contributed by atoms with Gasteiger partial charge in [0.25, 0.3) is 5.91 Å². The second kappa shape index (κ2) is 6.98. The zero-order chi connectivity index (χ0) is 21.8. The number of nitrogens with zero attached hydrogens (tertiary/aromatic N) is 3. The molecule has 1 aromatic heterocycles. The summed E-state index contributed by atoms with van der Waals surface area (Å²) in [5, 5.41) is 0. The molecule has 0 radical (unpaired) electrons. The molecule has 0 aliphatic carbocycles. The number of carbonyl (C=O) groups excluding carboxylic acids is 1. The number of carbonyl (C=O) groups is 1. The fourth-order valence-corrected chi connectivity index (χ4v) is 6.10. The van der Waals surface area contributed by atoms with Gasteiger partial charge in [0.2, 0.25) is 10.0 Å². The number of hydrogen-bond acceptors (Lipinski definition) is 5. The largest absolute Gasteiger partial charge is 0.435 e. The number of aryl methyl sites for hydroxylation is 2. The van der Waals surface area contributed by atoms with E-state index in [2.05, 4.69) is 9.72 Å². The number of aromatic nitrogens is 1. The zero-order valence-corrected chi connectivity index (χ0v) is 17.5. The van der Waals surface area contributed by atoms with Gasteiger partial charge in [0.1, 0.15) is 5.75 Å². The third-order valence-corrected chi connectivity index (χ3v) is 7.83. The molecule has 0 saturated carbocycles. The number of sulfonamides is 1. The fourth-order valence-electron chi connectivity index (χ4n) is 4.37. The second-order valence-electron chi connectivity index (χ2n) is 7.69. The second-order valence-corrected chi connectivity index (χ2v) is 9.60. The van der Waals surface area contributed by atoms with E-state index in [9.17, 15) is 22.0 Å². The lowest BCUT2D eigenvalue weighted by Gasteiger charge is -2.44. The van der Waals surface area contributed by atoms with E-state index in [4.69, 9.17) is 0 Å². The first kappa shape index (κ1) is 20.7. The molecule has 10 heteroatoms. The van der Waals surface area contributed by atoms with E-state index >= 15 is 0 Å². The zero-order valence-electron chi connectivity index (χ0n) is 16.7. The molecule has 0 spiro atoms. The lowest BCUT2D eigenvalue weighted by molar-refractivity contribution is -0.0499. The Hall–Kier alpha value is -2.59. The summed E-state index contributed by atoms with van der Waals surface area (Å²) in [5.74, 6) is -0.239. The molecule has 0 N–H and O–H groups in total. The highest BCUT2D eigenvalue weighted by molar-refractivity contribution is 7.89. The molecule has 160 valence electrons. The Morgan fingerprint density at radius 1 is 1.20 bits per heavy atom. The summed E-state index contributed by atoms with van der Waals surface area (Å²) < 4.78 is 57.3. The SMILES string of the molecule is Cc1cc(OC(F)F)ccc1S(=O)(=O)N1CCN2C(=O)c3c(ccnc3C)C2(C)C1. The fraction of sp³-hybridized carbons (Fsp3) is 0.400. The molecule has 2 aromatic rings. The van der Waals surface area contributed by atoms with Crippen LogP contribution in [0.25, 0.3) is 0 Å². The van der Waals surface area contributed by atoms with Crippen molar-refractivity contribution in [1.29, 1.82) is 0 Å². The number of rotatable bonds is 4. The Labute approximate surface area is 173 Å². The molecule has 30 heavy (non-hydrogen) atoms. The monoisotopic (exact) mass is 437 g/mol. The third kappa shape index (κ3) is 3.05. The van der Waals surface area contributed by atoms with Crippen molar-refractivity contribution in [3.63, 3.8) is 0 Å². The minimum atomic E-state index is -3.91. The molecule has 1 fully saturated rings. The Morgan fingerprint density at radius 2 is 1.93 bits per heavy atom. The molecule has 1 unspecified atom stereocenters. The molecular weight excluding hydrogens is 416 g/mol. The van der Waals surface area contributed by atoms with Crippen molar-refractivity contribution < 1.29 is 26.7 Å². The van der Waals surface area contributed by atoms with Gasteiger partial charge in [0.05, 0.1) is 21.7 Å². The average Bonchev–Trinajstić information content (AvgIpc) is 2.89. The van der Waals surface area contributed by atoms with Crippen molar-refractivity contribution in [2.24, 2.45) is 0 Å². The summed E-state index contributed by atoms with van der Waals surface area (Å²) >= 11 is 0. The highest BCUT2D eigenvalue weighted by atomic mass is 32.2. The Bertz CT molecular complexity index is 1140. The van der Waals surface area contributed by atoms with Crippen LogP contribution in [0.3, 0.4) is 0 Å². The molecule has 2 aliphatic heterocycles. The molecule has 1 saturated heterocycles. The van der Waals surface area contributed by atoms with E-state index in [1.807, 2.05) is 6.92 Å². The van der Waals surface area contributed by atoms with Gasteiger partial charge < -0.3 is 9.64 Å². The van der Waals surface area contributed by atoms with Gasteiger partial charge >= 0.3 is 6.61 Å². The number of ether oxygens (including phenoxy) is 1. The predicted octanol–water partition coefficient (Wildman–Crippen LogP) is 2.68. The molecule has 2 aliphatic rings. The van der Waals surface area contributed by atoms with E-state index in [1.165, 1.54) is 29.4 Å². The van der Waals surface area contributed by atoms with Crippen molar-refractivity contribution in [2.75, 3.05) is 19.6 Å². The smallest absolute Gasteiger partial charge is 0.387 e. The van der Waals surface area contributed by atoms with Crippen LogP contribution in [-0.2, 0) is 15.6 Å². The van der Waals surface area contributed by atoms with E-state index in [1.54, 1.807) is 24.1 Å². The first-order valence-electron chi connectivity index (χ1n) is 9.39. The number of fused-ring (bicyclic) bond motifs is 3. The van der Waals surface area contributed by atoms with Gasteiger partial charge in [-0.3, -0.25) is 9.78 Å². The summed E-state index contributed by atoms with van der Waals surface area (Å²) in [4.78, 5) is 18.8. The number of alkyl halides is 2. The van der Waals surface area contributed by atoms with Crippen molar-refractivity contribution in [2.45, 2.75) is 37.8 Å². The molecule has 1 atom stereocenters. The lowest BCUT2D eigenvalue weighted by atomic mass is 9.90. The molecule has 1 amide bonds. The van der Waals surface area contributed by atoms with Gasteiger partial charge in [0.15, 0.2) is 0 Å². The van der Waals surface area contributed by atoms with Crippen molar-refractivity contribution >= 4 is 15.9 Å². The number of pyridine rings is 1. The van der Waals surface area contributed by atoms with E-state index in [0.717, 1.165) is 5.56 Å². The van der Waals surface area contributed by atoms with Crippen LogP contribution in [0.15, 0.2) is 35.4 Å². The Morgan fingerprint density at radius 3 is 2.60 bits per heavy atom. The number of hydrogen-bond donors (Lipinski definition) is 0. The topological polar surface area (TPSA) is 79.8 Å². The highest BCUT2D eigenvalue weighted by Crippen LogP contribution is 2.43. The molecule has 7 nitrogen and oxygen atoms in total. The van der Waals surface area contributed by atoms with Gasteiger partial charge in [-0.1, -0.05) is 0 Å². The average molecular weight is 437 g/mol. The van der Waals surface area contributed by atoms with Crippen LogP contribution in [0.2, 0.25) is 0 Å². The molecule has 3 heterocycles. The maximum absolute atomic E-state index is 13.4. The summed E-state index contributed by atoms with van der Waals surface area (Å²) in [6.07, 6.45) is 1.62.